The molecule has 11 heavy (non-hydrogen) atoms. The summed E-state index contributed by atoms with van der Waals surface area (Å²) in [5, 5.41) is 8.79. The summed E-state index contributed by atoms with van der Waals surface area (Å²) in [6.07, 6.45) is 0. The fourth-order valence-corrected chi connectivity index (χ4v) is 1.19. The Morgan fingerprint density at radius 3 is 2.55 bits per heavy atom. The quantitative estimate of drug-likeness (QED) is 0.666. The van der Waals surface area contributed by atoms with Crippen molar-refractivity contribution in [1.82, 2.24) is 4.90 Å². The van der Waals surface area contributed by atoms with Crippen LogP contribution in [0.2, 0.25) is 0 Å². The fraction of sp³-hybridized carbons (Fsp3) is 0.857. The van der Waals surface area contributed by atoms with E-state index >= 15 is 0 Å². The first-order valence-electron chi connectivity index (χ1n) is 3.50. The summed E-state index contributed by atoms with van der Waals surface area (Å²) < 4.78 is 0. The molecule has 0 aliphatic heterocycles. The number of rotatable bonds is 4. The van der Waals surface area contributed by atoms with Crippen molar-refractivity contribution < 1.29 is 9.90 Å². The molecule has 0 radical (unpaired) electrons. The highest BCUT2D eigenvalue weighted by atomic mass is 32.2. The van der Waals surface area contributed by atoms with E-state index in [0.29, 0.717) is 5.75 Å². The Hall–Kier alpha value is -0.220. The topological polar surface area (TPSA) is 40.5 Å². The van der Waals surface area contributed by atoms with E-state index < -0.39 is 0 Å². The van der Waals surface area contributed by atoms with Gasteiger partial charge in [0, 0.05) is 19.3 Å². The smallest absolute Gasteiger partial charge is 0.232 e. The first-order chi connectivity index (χ1) is 5.07. The summed E-state index contributed by atoms with van der Waals surface area (Å²) in [6.45, 7) is 2.03. The van der Waals surface area contributed by atoms with Crippen LogP contribution in [0.15, 0.2) is 0 Å². The van der Waals surface area contributed by atoms with Gasteiger partial charge in [0.05, 0.1) is 12.4 Å². The molecule has 0 aliphatic carbocycles. The minimum Gasteiger partial charge on any atom is -0.395 e. The van der Waals surface area contributed by atoms with Gasteiger partial charge in [0.2, 0.25) is 5.91 Å². The molecule has 1 unspecified atom stereocenters. The SMILES string of the molecule is CC(CO)SCC(=O)N(C)C. The van der Waals surface area contributed by atoms with E-state index in [9.17, 15) is 4.79 Å². The van der Waals surface area contributed by atoms with Crippen molar-refractivity contribution in [3.63, 3.8) is 0 Å². The Morgan fingerprint density at radius 2 is 2.18 bits per heavy atom. The number of aliphatic hydroxyl groups excluding tert-OH is 1. The van der Waals surface area contributed by atoms with Crippen molar-refractivity contribution in [2.45, 2.75) is 12.2 Å². The molecule has 0 spiro atoms. The lowest BCUT2D eigenvalue weighted by Gasteiger charge is -2.11. The Morgan fingerprint density at radius 1 is 1.64 bits per heavy atom. The number of thioether (sulfide) groups is 1. The minimum atomic E-state index is 0.0929. The highest BCUT2D eigenvalue weighted by Gasteiger charge is 2.06. The summed E-state index contributed by atoms with van der Waals surface area (Å²) in [4.78, 5) is 12.5. The molecule has 0 aromatic rings. The average Bonchev–Trinajstić information content (AvgIpc) is 1.99. The zero-order chi connectivity index (χ0) is 8.85. The second-order valence-electron chi connectivity index (χ2n) is 2.59. The molecule has 0 aromatic carbocycles. The maximum atomic E-state index is 11.0. The Labute approximate surface area is 71.8 Å². The van der Waals surface area contributed by atoms with Crippen LogP contribution in [0, 0.1) is 0 Å². The maximum absolute atomic E-state index is 11.0. The van der Waals surface area contributed by atoms with Gasteiger partial charge >= 0.3 is 0 Å². The molecule has 0 saturated carbocycles. The molecule has 1 amide bonds. The van der Waals surface area contributed by atoms with Crippen molar-refractivity contribution in [2.24, 2.45) is 0 Å². The van der Waals surface area contributed by atoms with Crippen LogP contribution in [0.3, 0.4) is 0 Å². The van der Waals surface area contributed by atoms with Crippen LogP contribution in [0.5, 0.6) is 0 Å². The second kappa shape index (κ2) is 5.43. The maximum Gasteiger partial charge on any atom is 0.232 e. The molecule has 0 bridgehead atoms. The molecule has 1 atom stereocenters. The average molecular weight is 177 g/mol. The van der Waals surface area contributed by atoms with Gasteiger partial charge in [-0.15, -0.1) is 11.8 Å². The van der Waals surface area contributed by atoms with Crippen molar-refractivity contribution in [2.75, 3.05) is 26.5 Å². The van der Waals surface area contributed by atoms with Crippen LogP contribution in [-0.4, -0.2) is 47.6 Å². The molecule has 0 aromatic heterocycles. The van der Waals surface area contributed by atoms with Gasteiger partial charge in [0.25, 0.3) is 0 Å². The van der Waals surface area contributed by atoms with E-state index in [4.69, 9.17) is 5.11 Å². The fourth-order valence-electron chi connectivity index (χ4n) is 0.395. The van der Waals surface area contributed by atoms with E-state index in [-0.39, 0.29) is 17.8 Å². The van der Waals surface area contributed by atoms with Crippen molar-refractivity contribution >= 4 is 17.7 Å². The van der Waals surface area contributed by atoms with Gasteiger partial charge in [0.1, 0.15) is 0 Å². The molecule has 3 nitrogen and oxygen atoms in total. The van der Waals surface area contributed by atoms with Crippen molar-refractivity contribution in [3.05, 3.63) is 0 Å². The number of carbonyl (C=O) groups is 1. The zero-order valence-corrected chi connectivity index (χ0v) is 8.02. The predicted octanol–water partition coefficient (Wildman–Crippen LogP) is 0.189. The lowest BCUT2D eigenvalue weighted by atomic mass is 10.5. The van der Waals surface area contributed by atoms with Crippen LogP contribution in [0.1, 0.15) is 6.92 Å². The summed E-state index contributed by atoms with van der Waals surface area (Å²) in [6, 6.07) is 0. The van der Waals surface area contributed by atoms with Crippen LogP contribution in [0.4, 0.5) is 0 Å². The summed E-state index contributed by atoms with van der Waals surface area (Å²) in [7, 11) is 3.46. The third-order valence-electron chi connectivity index (χ3n) is 1.25. The number of aliphatic hydroxyl groups is 1. The number of amides is 1. The summed E-state index contributed by atoms with van der Waals surface area (Å²) in [5.41, 5.74) is 0. The molecule has 0 fully saturated rings. The molecule has 66 valence electrons. The number of carbonyl (C=O) groups excluding carboxylic acids is 1. The van der Waals surface area contributed by atoms with Crippen LogP contribution >= 0.6 is 11.8 Å². The third-order valence-corrected chi connectivity index (χ3v) is 2.38. The van der Waals surface area contributed by atoms with Gasteiger partial charge < -0.3 is 10.0 Å². The Kier molecular flexibility index (Phi) is 5.32. The number of hydrogen-bond acceptors (Lipinski definition) is 3. The predicted molar refractivity (Wildman–Crippen MR) is 47.7 cm³/mol. The van der Waals surface area contributed by atoms with Gasteiger partial charge in [-0.3, -0.25) is 4.79 Å². The van der Waals surface area contributed by atoms with Gasteiger partial charge in [-0.2, -0.15) is 0 Å². The summed E-state index contributed by atoms with van der Waals surface area (Å²) in [5.74, 6) is 0.546. The van der Waals surface area contributed by atoms with E-state index in [1.807, 2.05) is 6.92 Å². The standard InChI is InChI=1S/C7H15NO2S/c1-6(4-9)11-5-7(10)8(2)3/h6,9H,4-5H2,1-3H3. The third kappa shape index (κ3) is 5.09. The molecular weight excluding hydrogens is 162 g/mol. The van der Waals surface area contributed by atoms with E-state index in [0.717, 1.165) is 0 Å². The lowest BCUT2D eigenvalue weighted by molar-refractivity contribution is -0.125. The molecule has 0 rings (SSSR count). The van der Waals surface area contributed by atoms with Gasteiger partial charge in [-0.1, -0.05) is 6.92 Å². The first kappa shape index (κ1) is 10.8. The van der Waals surface area contributed by atoms with E-state index in [1.54, 1.807) is 19.0 Å². The molecule has 0 saturated heterocycles. The molecule has 4 heteroatoms. The largest absolute Gasteiger partial charge is 0.395 e. The number of hydrogen-bond donors (Lipinski definition) is 1. The van der Waals surface area contributed by atoms with Crippen LogP contribution < -0.4 is 0 Å². The van der Waals surface area contributed by atoms with Gasteiger partial charge in [-0.05, 0) is 0 Å². The van der Waals surface area contributed by atoms with Crippen LogP contribution in [0.25, 0.3) is 0 Å². The normalized spacial score (nSPS) is 12.7. The van der Waals surface area contributed by atoms with Crippen molar-refractivity contribution in [1.29, 1.82) is 0 Å². The number of nitrogens with zero attached hydrogens (tertiary/aromatic N) is 1. The molecule has 0 aliphatic rings. The highest BCUT2D eigenvalue weighted by molar-refractivity contribution is 8.00. The molecular formula is C7H15NO2S. The molecule has 1 N–H and O–H groups in total. The zero-order valence-electron chi connectivity index (χ0n) is 7.20. The highest BCUT2D eigenvalue weighted by Crippen LogP contribution is 2.09. The van der Waals surface area contributed by atoms with Crippen molar-refractivity contribution in [3.8, 4) is 0 Å². The Balaban J connectivity index is 3.46. The summed E-state index contributed by atoms with van der Waals surface area (Å²) >= 11 is 1.47. The first-order valence-corrected chi connectivity index (χ1v) is 4.55. The van der Waals surface area contributed by atoms with Gasteiger partial charge in [-0.25, -0.2) is 0 Å². The molecule has 0 heterocycles. The second-order valence-corrected chi connectivity index (χ2v) is 4.02. The monoisotopic (exact) mass is 177 g/mol. The minimum absolute atomic E-state index is 0.0929. The van der Waals surface area contributed by atoms with Crippen LogP contribution in [-0.2, 0) is 4.79 Å². The van der Waals surface area contributed by atoms with E-state index in [2.05, 4.69) is 0 Å². The van der Waals surface area contributed by atoms with Gasteiger partial charge in [0.15, 0.2) is 0 Å². The Bertz CT molecular complexity index is 128. The van der Waals surface area contributed by atoms with E-state index in [1.165, 1.54) is 11.8 Å². The lowest BCUT2D eigenvalue weighted by Crippen LogP contribution is -2.24.